The average molecular weight is 277 g/mol. The molecule has 0 radical (unpaired) electrons. The van der Waals surface area contributed by atoms with Gasteiger partial charge < -0.3 is 24.5 Å². The van der Waals surface area contributed by atoms with E-state index in [0.29, 0.717) is 43.0 Å². The van der Waals surface area contributed by atoms with Gasteiger partial charge in [-0.25, -0.2) is 0 Å². The van der Waals surface area contributed by atoms with E-state index in [0.717, 1.165) is 0 Å². The molecule has 1 fully saturated rings. The van der Waals surface area contributed by atoms with Crippen molar-refractivity contribution in [3.63, 3.8) is 0 Å². The number of rotatable bonds is 4. The third kappa shape index (κ3) is 2.89. The number of para-hydroxylation sites is 2. The summed E-state index contributed by atoms with van der Waals surface area (Å²) in [5.41, 5.74) is 6.34. The standard InChI is InChI=1S/C13H15N3O4/c14-9-3-1-2-4-10(9)19-8-12-15-13(16-20-12)11-7-17-5-6-18-11/h1-4,11H,5-8,14H2. The second-order valence-corrected chi connectivity index (χ2v) is 4.31. The van der Waals surface area contributed by atoms with E-state index in [1.54, 1.807) is 12.1 Å². The quantitative estimate of drug-likeness (QED) is 0.842. The molecule has 1 aromatic carbocycles. The number of hydrogen-bond acceptors (Lipinski definition) is 7. The Labute approximate surface area is 115 Å². The van der Waals surface area contributed by atoms with Crippen LogP contribution in [0.25, 0.3) is 0 Å². The minimum absolute atomic E-state index is 0.161. The van der Waals surface area contributed by atoms with E-state index in [4.69, 9.17) is 24.5 Å². The molecule has 2 N–H and O–H groups in total. The van der Waals surface area contributed by atoms with Crippen LogP contribution in [0.2, 0.25) is 0 Å². The van der Waals surface area contributed by atoms with Crippen LogP contribution in [0.15, 0.2) is 28.8 Å². The van der Waals surface area contributed by atoms with Gasteiger partial charge in [0.05, 0.1) is 25.5 Å². The van der Waals surface area contributed by atoms with Crippen LogP contribution < -0.4 is 10.5 Å². The average Bonchev–Trinajstić information content (AvgIpc) is 2.96. The lowest BCUT2D eigenvalue weighted by molar-refractivity contribution is -0.0941. The molecule has 1 unspecified atom stereocenters. The normalized spacial score (nSPS) is 18.9. The van der Waals surface area contributed by atoms with Gasteiger partial charge in [0.2, 0.25) is 5.82 Å². The van der Waals surface area contributed by atoms with E-state index >= 15 is 0 Å². The van der Waals surface area contributed by atoms with Gasteiger partial charge in [-0.3, -0.25) is 0 Å². The Balaban J connectivity index is 1.61. The zero-order valence-corrected chi connectivity index (χ0v) is 10.8. The molecule has 106 valence electrons. The van der Waals surface area contributed by atoms with Crippen molar-refractivity contribution in [2.75, 3.05) is 25.6 Å². The molecular formula is C13H15N3O4. The van der Waals surface area contributed by atoms with Crippen molar-refractivity contribution in [2.24, 2.45) is 0 Å². The molecule has 0 aliphatic carbocycles. The first-order valence-electron chi connectivity index (χ1n) is 6.32. The van der Waals surface area contributed by atoms with Crippen molar-refractivity contribution in [1.29, 1.82) is 0 Å². The lowest BCUT2D eigenvalue weighted by Gasteiger charge is -2.19. The first-order valence-corrected chi connectivity index (χ1v) is 6.32. The van der Waals surface area contributed by atoms with Gasteiger partial charge in [0.1, 0.15) is 11.9 Å². The van der Waals surface area contributed by atoms with Crippen LogP contribution in [0.5, 0.6) is 5.75 Å². The van der Waals surface area contributed by atoms with Crippen LogP contribution in [-0.4, -0.2) is 30.0 Å². The summed E-state index contributed by atoms with van der Waals surface area (Å²) in [6.45, 7) is 1.73. The summed E-state index contributed by atoms with van der Waals surface area (Å²) in [6.07, 6.45) is -0.275. The van der Waals surface area contributed by atoms with Gasteiger partial charge >= 0.3 is 0 Å². The van der Waals surface area contributed by atoms with Crippen LogP contribution in [0.1, 0.15) is 17.8 Å². The molecule has 20 heavy (non-hydrogen) atoms. The van der Waals surface area contributed by atoms with Crippen molar-refractivity contribution in [3.05, 3.63) is 36.0 Å². The largest absolute Gasteiger partial charge is 0.482 e. The molecule has 2 aromatic rings. The van der Waals surface area contributed by atoms with Crippen molar-refractivity contribution in [3.8, 4) is 5.75 Å². The fourth-order valence-corrected chi connectivity index (χ4v) is 1.85. The van der Waals surface area contributed by atoms with Gasteiger partial charge in [-0.2, -0.15) is 4.98 Å². The number of anilines is 1. The summed E-state index contributed by atoms with van der Waals surface area (Å²) in [5, 5.41) is 3.87. The molecule has 0 amide bonds. The molecule has 1 saturated heterocycles. The number of ether oxygens (including phenoxy) is 3. The number of nitrogens with zero attached hydrogens (tertiary/aromatic N) is 2. The van der Waals surface area contributed by atoms with Crippen molar-refractivity contribution < 1.29 is 18.7 Å². The summed E-state index contributed by atoms with van der Waals surface area (Å²) in [5.74, 6) is 1.44. The molecule has 0 spiro atoms. The highest BCUT2D eigenvalue weighted by Gasteiger charge is 2.22. The zero-order valence-electron chi connectivity index (χ0n) is 10.8. The Bertz CT molecular complexity index is 566. The Hall–Kier alpha value is -2.12. The maximum Gasteiger partial charge on any atom is 0.264 e. The molecule has 1 aromatic heterocycles. The number of nitrogens with two attached hydrogens (primary N) is 1. The highest BCUT2D eigenvalue weighted by Crippen LogP contribution is 2.22. The summed E-state index contributed by atoms with van der Waals surface area (Å²) in [7, 11) is 0. The Morgan fingerprint density at radius 2 is 2.20 bits per heavy atom. The number of hydrogen-bond donors (Lipinski definition) is 1. The van der Waals surface area contributed by atoms with E-state index < -0.39 is 0 Å². The van der Waals surface area contributed by atoms with Gasteiger partial charge in [0, 0.05) is 0 Å². The predicted molar refractivity (Wildman–Crippen MR) is 69.0 cm³/mol. The van der Waals surface area contributed by atoms with Gasteiger partial charge in [0.25, 0.3) is 5.89 Å². The van der Waals surface area contributed by atoms with E-state index in [1.807, 2.05) is 12.1 Å². The highest BCUT2D eigenvalue weighted by atomic mass is 16.6. The fourth-order valence-electron chi connectivity index (χ4n) is 1.85. The van der Waals surface area contributed by atoms with Gasteiger partial charge in [0.15, 0.2) is 6.61 Å². The summed E-state index contributed by atoms with van der Waals surface area (Å²) < 4.78 is 21.4. The van der Waals surface area contributed by atoms with E-state index in [1.165, 1.54) is 0 Å². The zero-order chi connectivity index (χ0) is 13.8. The Kier molecular flexibility index (Phi) is 3.80. The van der Waals surface area contributed by atoms with E-state index in [9.17, 15) is 0 Å². The third-order valence-corrected chi connectivity index (χ3v) is 2.86. The topological polar surface area (TPSA) is 92.6 Å². The molecule has 3 rings (SSSR count). The van der Waals surface area contributed by atoms with Crippen molar-refractivity contribution >= 4 is 5.69 Å². The molecule has 2 heterocycles. The van der Waals surface area contributed by atoms with Crippen LogP contribution in [0.3, 0.4) is 0 Å². The lowest BCUT2D eigenvalue weighted by atomic mass is 10.3. The SMILES string of the molecule is Nc1ccccc1OCc1nc(C2COCCO2)no1. The van der Waals surface area contributed by atoms with Crippen LogP contribution in [0, 0.1) is 0 Å². The van der Waals surface area contributed by atoms with Crippen molar-refractivity contribution in [2.45, 2.75) is 12.7 Å². The molecule has 7 heteroatoms. The van der Waals surface area contributed by atoms with Gasteiger partial charge in [-0.1, -0.05) is 17.3 Å². The number of aromatic nitrogens is 2. The molecule has 1 aliphatic heterocycles. The third-order valence-electron chi connectivity index (χ3n) is 2.86. The second kappa shape index (κ2) is 5.89. The van der Waals surface area contributed by atoms with Gasteiger partial charge in [-0.05, 0) is 12.1 Å². The Morgan fingerprint density at radius 1 is 1.30 bits per heavy atom. The number of benzene rings is 1. The smallest absolute Gasteiger partial charge is 0.264 e. The minimum Gasteiger partial charge on any atom is -0.482 e. The predicted octanol–water partition coefficient (Wildman–Crippen LogP) is 1.32. The fraction of sp³-hybridized carbons (Fsp3) is 0.385. The first kappa shape index (κ1) is 12.9. The first-order chi connectivity index (χ1) is 9.83. The maximum atomic E-state index is 5.78. The van der Waals surface area contributed by atoms with Crippen molar-refractivity contribution in [1.82, 2.24) is 10.1 Å². The minimum atomic E-state index is -0.275. The summed E-state index contributed by atoms with van der Waals surface area (Å²) in [6, 6.07) is 7.23. The second-order valence-electron chi connectivity index (χ2n) is 4.31. The summed E-state index contributed by atoms with van der Waals surface area (Å²) >= 11 is 0. The number of nitrogen functional groups attached to an aromatic ring is 1. The molecular weight excluding hydrogens is 262 g/mol. The van der Waals surface area contributed by atoms with E-state index in [2.05, 4.69) is 10.1 Å². The molecule has 7 nitrogen and oxygen atoms in total. The van der Waals surface area contributed by atoms with E-state index in [-0.39, 0.29) is 12.7 Å². The molecule has 1 aliphatic rings. The van der Waals surface area contributed by atoms with Gasteiger partial charge in [-0.15, -0.1) is 0 Å². The molecule has 1 atom stereocenters. The summed E-state index contributed by atoms with van der Waals surface area (Å²) in [4.78, 5) is 4.23. The molecule has 0 saturated carbocycles. The van der Waals surface area contributed by atoms with Crippen LogP contribution in [-0.2, 0) is 16.1 Å². The lowest BCUT2D eigenvalue weighted by Crippen LogP contribution is -2.22. The maximum absolute atomic E-state index is 5.78. The van der Waals surface area contributed by atoms with Crippen LogP contribution >= 0.6 is 0 Å². The van der Waals surface area contributed by atoms with Crippen LogP contribution in [0.4, 0.5) is 5.69 Å². The highest BCUT2D eigenvalue weighted by molar-refractivity contribution is 5.51. The Morgan fingerprint density at radius 3 is 3.00 bits per heavy atom. The molecule has 0 bridgehead atoms. The monoisotopic (exact) mass is 277 g/mol.